The van der Waals surface area contributed by atoms with E-state index in [0.29, 0.717) is 6.42 Å². The van der Waals surface area contributed by atoms with Crippen molar-refractivity contribution >= 4 is 27.7 Å². The van der Waals surface area contributed by atoms with Gasteiger partial charge < -0.3 is 11.1 Å². The fourth-order valence-electron chi connectivity index (χ4n) is 1.35. The van der Waals surface area contributed by atoms with Crippen LogP contribution < -0.4 is 15.8 Å². The molecule has 0 aromatic rings. The van der Waals surface area contributed by atoms with Crippen molar-refractivity contribution in [1.29, 1.82) is 0 Å². The summed E-state index contributed by atoms with van der Waals surface area (Å²) in [6.07, 6.45) is 3.64. The van der Waals surface area contributed by atoms with E-state index in [2.05, 4.69) is 10.0 Å². The van der Waals surface area contributed by atoms with E-state index in [1.807, 2.05) is 6.26 Å². The summed E-state index contributed by atoms with van der Waals surface area (Å²) < 4.78 is 24.7. The summed E-state index contributed by atoms with van der Waals surface area (Å²) in [5, 5.41) is 2.65. The molecule has 0 aliphatic heterocycles. The van der Waals surface area contributed by atoms with Crippen LogP contribution in [-0.4, -0.2) is 50.7 Å². The molecule has 0 spiro atoms. The molecule has 8 heteroatoms. The summed E-state index contributed by atoms with van der Waals surface area (Å²) in [6, 6.07) is -0.550. The van der Waals surface area contributed by atoms with Crippen LogP contribution in [0.1, 0.15) is 20.3 Å². The van der Waals surface area contributed by atoms with Crippen LogP contribution in [0, 0.1) is 0 Å². The van der Waals surface area contributed by atoms with E-state index < -0.39 is 21.6 Å². The maximum atomic E-state index is 11.6. The van der Waals surface area contributed by atoms with Gasteiger partial charge in [-0.2, -0.15) is 11.8 Å². The molecule has 0 saturated carbocycles. The van der Waals surface area contributed by atoms with Crippen molar-refractivity contribution < 1.29 is 13.2 Å². The third kappa shape index (κ3) is 8.73. The predicted molar refractivity (Wildman–Crippen MR) is 76.0 cm³/mol. The zero-order valence-corrected chi connectivity index (χ0v) is 13.0. The van der Waals surface area contributed by atoms with Gasteiger partial charge in [0.25, 0.3) is 0 Å². The van der Waals surface area contributed by atoms with Crippen LogP contribution in [0.15, 0.2) is 0 Å². The molecule has 1 atom stereocenters. The third-order valence-corrected chi connectivity index (χ3v) is 3.70. The molecule has 0 fully saturated rings. The van der Waals surface area contributed by atoms with Crippen LogP contribution >= 0.6 is 11.8 Å². The molecule has 1 amide bonds. The van der Waals surface area contributed by atoms with Gasteiger partial charge in [0.2, 0.25) is 15.9 Å². The van der Waals surface area contributed by atoms with Crippen molar-refractivity contribution in [2.75, 3.05) is 24.8 Å². The van der Waals surface area contributed by atoms with E-state index in [1.54, 1.807) is 25.6 Å². The summed E-state index contributed by atoms with van der Waals surface area (Å²) in [7, 11) is -3.30. The fourth-order valence-corrected chi connectivity index (χ4v) is 2.92. The summed E-state index contributed by atoms with van der Waals surface area (Å²) >= 11 is 1.63. The number of thioether (sulfide) groups is 1. The Kier molecular flexibility index (Phi) is 7.19. The van der Waals surface area contributed by atoms with E-state index in [4.69, 9.17) is 5.73 Å². The minimum atomic E-state index is -3.30. The minimum Gasteiger partial charge on any atom is -0.353 e. The summed E-state index contributed by atoms with van der Waals surface area (Å²) in [5.41, 5.74) is 4.96. The molecule has 0 aromatic heterocycles. The number of amides is 1. The topological polar surface area (TPSA) is 101 Å². The average Bonchev–Trinajstić information content (AvgIpc) is 2.19. The quantitative estimate of drug-likeness (QED) is 0.561. The second-order valence-electron chi connectivity index (χ2n) is 4.86. The number of carbonyl (C=O) groups excluding carboxylic acids is 1. The van der Waals surface area contributed by atoms with E-state index in [0.717, 1.165) is 12.0 Å². The first-order valence-corrected chi connectivity index (χ1v) is 8.87. The number of nitrogens with one attached hydrogen (secondary N) is 2. The van der Waals surface area contributed by atoms with Crippen molar-refractivity contribution in [2.24, 2.45) is 5.73 Å². The second kappa shape index (κ2) is 7.32. The number of hydrogen-bond acceptors (Lipinski definition) is 5. The highest BCUT2D eigenvalue weighted by Crippen LogP contribution is 2.03. The molecule has 18 heavy (non-hydrogen) atoms. The number of hydrogen-bond donors (Lipinski definition) is 3. The smallest absolute Gasteiger partial charge is 0.237 e. The van der Waals surface area contributed by atoms with Crippen molar-refractivity contribution in [2.45, 2.75) is 31.8 Å². The molecule has 108 valence electrons. The van der Waals surface area contributed by atoms with Crippen molar-refractivity contribution in [3.8, 4) is 0 Å². The predicted octanol–water partition coefficient (Wildman–Crippen LogP) is -0.489. The highest BCUT2D eigenvalue weighted by molar-refractivity contribution is 7.98. The maximum Gasteiger partial charge on any atom is 0.237 e. The van der Waals surface area contributed by atoms with Crippen molar-refractivity contribution in [3.05, 3.63) is 0 Å². The molecule has 0 radical (unpaired) electrons. The van der Waals surface area contributed by atoms with Gasteiger partial charge in [-0.05, 0) is 32.3 Å². The molecule has 0 heterocycles. The highest BCUT2D eigenvalue weighted by Gasteiger charge is 2.23. The lowest BCUT2D eigenvalue weighted by molar-refractivity contribution is -0.122. The van der Waals surface area contributed by atoms with E-state index >= 15 is 0 Å². The van der Waals surface area contributed by atoms with Crippen LogP contribution in [0.5, 0.6) is 0 Å². The molecule has 6 nitrogen and oxygen atoms in total. The van der Waals surface area contributed by atoms with E-state index in [-0.39, 0.29) is 12.5 Å². The van der Waals surface area contributed by atoms with E-state index in [9.17, 15) is 13.2 Å². The second-order valence-corrected chi connectivity index (χ2v) is 7.60. The van der Waals surface area contributed by atoms with Gasteiger partial charge in [-0.1, -0.05) is 0 Å². The first-order valence-electron chi connectivity index (χ1n) is 5.58. The fraction of sp³-hybridized carbons (Fsp3) is 0.900. The standard InChI is InChI=1S/C10H23N3O3S2/c1-10(2,13-18(4,15)16)7-12-9(14)8(11)5-6-17-3/h8,13H,5-7,11H2,1-4H3,(H,12,14)/t8-/m1/s1. The van der Waals surface area contributed by atoms with Gasteiger partial charge in [0, 0.05) is 12.1 Å². The Hall–Kier alpha value is -0.310. The Balaban J connectivity index is 4.19. The Morgan fingerprint density at radius 1 is 1.44 bits per heavy atom. The van der Waals surface area contributed by atoms with Crippen LogP contribution in [0.25, 0.3) is 0 Å². The first-order chi connectivity index (χ1) is 8.07. The Bertz CT molecular complexity index is 369. The molecule has 0 aliphatic rings. The highest BCUT2D eigenvalue weighted by atomic mass is 32.2. The van der Waals surface area contributed by atoms with Crippen molar-refractivity contribution in [3.63, 3.8) is 0 Å². The van der Waals surface area contributed by atoms with Gasteiger partial charge in [0.15, 0.2) is 0 Å². The van der Waals surface area contributed by atoms with E-state index in [1.165, 1.54) is 0 Å². The normalized spacial score (nSPS) is 14.3. The SMILES string of the molecule is CSCC[C@@H](N)C(=O)NCC(C)(C)NS(C)(=O)=O. The van der Waals surface area contributed by atoms with Gasteiger partial charge in [-0.15, -0.1) is 0 Å². The number of carbonyl (C=O) groups is 1. The van der Waals surface area contributed by atoms with Crippen LogP contribution in [0.3, 0.4) is 0 Å². The van der Waals surface area contributed by atoms with Gasteiger partial charge in [0.05, 0.1) is 12.3 Å². The van der Waals surface area contributed by atoms with Gasteiger partial charge in [-0.25, -0.2) is 13.1 Å². The van der Waals surface area contributed by atoms with Gasteiger partial charge in [0.1, 0.15) is 0 Å². The maximum absolute atomic E-state index is 11.6. The lowest BCUT2D eigenvalue weighted by Gasteiger charge is -2.26. The molecule has 4 N–H and O–H groups in total. The minimum absolute atomic E-state index is 0.200. The molecule has 0 aromatic carbocycles. The molecule has 0 saturated heterocycles. The molecular weight excluding hydrogens is 274 g/mol. The van der Waals surface area contributed by atoms with Crippen molar-refractivity contribution in [1.82, 2.24) is 10.0 Å². The van der Waals surface area contributed by atoms with Crippen LogP contribution in [0.4, 0.5) is 0 Å². The first kappa shape index (κ1) is 17.7. The van der Waals surface area contributed by atoms with Crippen LogP contribution in [0.2, 0.25) is 0 Å². The molecule has 0 aliphatic carbocycles. The molecular formula is C10H23N3O3S2. The molecule has 0 bridgehead atoms. The Morgan fingerprint density at radius 2 is 2.00 bits per heavy atom. The monoisotopic (exact) mass is 297 g/mol. The zero-order chi connectivity index (χ0) is 14.4. The lowest BCUT2D eigenvalue weighted by atomic mass is 10.1. The number of rotatable bonds is 8. The summed E-state index contributed by atoms with van der Waals surface area (Å²) in [5.74, 6) is 0.562. The van der Waals surface area contributed by atoms with Gasteiger partial charge >= 0.3 is 0 Å². The lowest BCUT2D eigenvalue weighted by Crippen LogP contribution is -2.53. The Morgan fingerprint density at radius 3 is 2.44 bits per heavy atom. The summed E-state index contributed by atoms with van der Waals surface area (Å²) in [6.45, 7) is 3.59. The average molecular weight is 297 g/mol. The number of sulfonamides is 1. The number of nitrogens with two attached hydrogens (primary N) is 1. The largest absolute Gasteiger partial charge is 0.353 e. The zero-order valence-electron chi connectivity index (χ0n) is 11.3. The Labute approximate surface area is 114 Å². The molecule has 0 rings (SSSR count). The van der Waals surface area contributed by atoms with Gasteiger partial charge in [-0.3, -0.25) is 4.79 Å². The molecule has 0 unspecified atom stereocenters. The summed E-state index contributed by atoms with van der Waals surface area (Å²) in [4.78, 5) is 11.6. The third-order valence-electron chi connectivity index (χ3n) is 2.14. The van der Waals surface area contributed by atoms with Crippen LogP contribution in [-0.2, 0) is 14.8 Å².